The molecular formula is C51H48BBrCl3N9O4. The predicted octanol–water partition coefficient (Wildman–Crippen LogP) is 11.9. The average molecular weight is 1050 g/mol. The minimum absolute atomic E-state index is 0.267. The molecule has 5 heterocycles. The number of amides is 2. The van der Waals surface area contributed by atoms with Crippen molar-refractivity contribution in [2.24, 2.45) is 0 Å². The molecule has 2 aromatic carbocycles. The molecular weight excluding hydrogens is 1000 g/mol. The Labute approximate surface area is 426 Å². The van der Waals surface area contributed by atoms with Crippen LogP contribution in [0.4, 0.5) is 11.4 Å². The minimum atomic E-state index is -0.788. The van der Waals surface area contributed by atoms with Gasteiger partial charge in [0.15, 0.2) is 0 Å². The number of pyridine rings is 4. The van der Waals surface area contributed by atoms with E-state index in [4.69, 9.17) is 49.4 Å². The Morgan fingerprint density at radius 3 is 1.64 bits per heavy atom. The highest BCUT2D eigenvalue weighted by molar-refractivity contribution is 9.10. The van der Waals surface area contributed by atoms with Crippen molar-refractivity contribution in [3.05, 3.63) is 157 Å². The molecule has 0 spiro atoms. The SMILES string of the molecule is Cc1ccc(NC(=O)c2ccnc(C(C)(C)C#N)c2)cc1-c1cc(Cl)cnc1Cl.Cc1ccc(NC(=O)c2ccnc(C(C)(C)C#N)c2)cc1B1OC(C)(C)C(C)(C)O1.N#Cc1cnc(Cl)c(Br)c1. The fourth-order valence-corrected chi connectivity index (χ4v) is 7.19. The molecule has 0 radical (unpaired) electrons. The number of nitriles is 3. The zero-order chi connectivity index (χ0) is 51.1. The van der Waals surface area contributed by atoms with Gasteiger partial charge in [-0.1, -0.05) is 52.5 Å². The van der Waals surface area contributed by atoms with Crippen LogP contribution in [0, 0.1) is 47.8 Å². The number of nitrogens with zero attached hydrogens (tertiary/aromatic N) is 7. The van der Waals surface area contributed by atoms with E-state index >= 15 is 0 Å². The van der Waals surface area contributed by atoms with Crippen LogP contribution in [0.1, 0.15) is 104 Å². The number of rotatable bonds is 8. The molecule has 2 N–H and O–H groups in total. The van der Waals surface area contributed by atoms with E-state index in [1.807, 2.05) is 84.0 Å². The third-order valence-electron chi connectivity index (χ3n) is 11.4. The lowest BCUT2D eigenvalue weighted by molar-refractivity contribution is 0.00578. The number of halogens is 4. The van der Waals surface area contributed by atoms with Gasteiger partial charge < -0.3 is 19.9 Å². The van der Waals surface area contributed by atoms with Gasteiger partial charge in [-0.2, -0.15) is 15.8 Å². The highest BCUT2D eigenvalue weighted by Gasteiger charge is 2.52. The topological polar surface area (TPSA) is 200 Å². The summed E-state index contributed by atoms with van der Waals surface area (Å²) in [7, 11) is -0.504. The first-order valence-corrected chi connectivity index (χ1v) is 23.2. The van der Waals surface area contributed by atoms with Crippen LogP contribution in [-0.4, -0.2) is 50.1 Å². The van der Waals surface area contributed by atoms with Crippen molar-refractivity contribution in [2.75, 3.05) is 10.6 Å². The molecule has 1 aliphatic heterocycles. The van der Waals surface area contributed by atoms with Crippen molar-refractivity contribution < 1.29 is 18.9 Å². The maximum atomic E-state index is 12.8. The molecule has 6 aromatic rings. The Hall–Kier alpha value is -6.22. The molecule has 0 unspecified atom stereocenters. The number of hydrogen-bond acceptors (Lipinski definition) is 11. The second kappa shape index (κ2) is 22.0. The molecule has 18 heteroatoms. The summed E-state index contributed by atoms with van der Waals surface area (Å²) in [5.41, 5.74) is 5.64. The molecule has 7 rings (SSSR count). The summed E-state index contributed by atoms with van der Waals surface area (Å²) in [6.45, 7) is 19.0. The molecule has 1 fully saturated rings. The zero-order valence-corrected chi connectivity index (χ0v) is 43.4. The van der Waals surface area contributed by atoms with Crippen LogP contribution in [0.25, 0.3) is 11.1 Å². The molecule has 0 bridgehead atoms. The molecule has 1 aliphatic rings. The van der Waals surface area contributed by atoms with Crippen molar-refractivity contribution in [3.63, 3.8) is 0 Å². The third kappa shape index (κ3) is 13.3. The number of hydrogen-bond donors (Lipinski definition) is 2. The fraction of sp³-hybridized carbons (Fsp3) is 0.275. The molecule has 4 aromatic heterocycles. The molecule has 1 saturated heterocycles. The first-order chi connectivity index (χ1) is 32.3. The summed E-state index contributed by atoms with van der Waals surface area (Å²) in [5, 5.41) is 34.0. The Morgan fingerprint density at radius 1 is 0.652 bits per heavy atom. The molecule has 0 atom stereocenters. The number of benzene rings is 2. The van der Waals surface area contributed by atoms with Crippen LogP contribution in [0.3, 0.4) is 0 Å². The van der Waals surface area contributed by atoms with Gasteiger partial charge in [-0.3, -0.25) is 19.6 Å². The van der Waals surface area contributed by atoms with Gasteiger partial charge in [0.25, 0.3) is 11.8 Å². The second-order valence-electron chi connectivity index (χ2n) is 18.0. The quantitative estimate of drug-likeness (QED) is 0.109. The van der Waals surface area contributed by atoms with Crippen molar-refractivity contribution in [1.82, 2.24) is 19.9 Å². The average Bonchev–Trinajstić information content (AvgIpc) is 3.54. The zero-order valence-electron chi connectivity index (χ0n) is 39.6. The first-order valence-electron chi connectivity index (χ1n) is 21.3. The van der Waals surface area contributed by atoms with E-state index in [2.05, 4.69) is 58.6 Å². The Morgan fingerprint density at radius 2 is 1.14 bits per heavy atom. The highest BCUT2D eigenvalue weighted by Crippen LogP contribution is 2.37. The van der Waals surface area contributed by atoms with E-state index < -0.39 is 29.2 Å². The van der Waals surface area contributed by atoms with Gasteiger partial charge in [0, 0.05) is 52.9 Å². The van der Waals surface area contributed by atoms with Crippen LogP contribution in [-0.2, 0) is 20.1 Å². The maximum Gasteiger partial charge on any atom is 0.495 e. The van der Waals surface area contributed by atoms with Gasteiger partial charge in [0.05, 0.1) is 60.6 Å². The van der Waals surface area contributed by atoms with Crippen LogP contribution in [0.2, 0.25) is 15.3 Å². The van der Waals surface area contributed by atoms with Crippen molar-refractivity contribution in [1.29, 1.82) is 15.8 Å². The van der Waals surface area contributed by atoms with Gasteiger partial charge in [0.1, 0.15) is 16.4 Å². The third-order valence-corrected chi connectivity index (χ3v) is 13.1. The number of aromatic nitrogens is 4. The number of carbonyl (C=O) groups is 2. The predicted molar refractivity (Wildman–Crippen MR) is 275 cm³/mol. The molecule has 2 amide bonds. The number of nitrogens with one attached hydrogen (secondary N) is 2. The van der Waals surface area contributed by atoms with E-state index in [1.54, 1.807) is 70.3 Å². The Bertz CT molecular complexity index is 3040. The van der Waals surface area contributed by atoms with Crippen molar-refractivity contribution >= 4 is 86.5 Å². The number of carbonyl (C=O) groups excluding carboxylic acids is 2. The van der Waals surface area contributed by atoms with E-state index in [0.29, 0.717) is 64.8 Å². The summed E-state index contributed by atoms with van der Waals surface area (Å²) < 4.78 is 13.0. The van der Waals surface area contributed by atoms with Gasteiger partial charge in [-0.05, 0) is 162 Å². The molecule has 69 heavy (non-hydrogen) atoms. The van der Waals surface area contributed by atoms with E-state index in [9.17, 15) is 20.1 Å². The number of anilines is 2. The summed E-state index contributed by atoms with van der Waals surface area (Å²) >= 11 is 21.0. The van der Waals surface area contributed by atoms with E-state index in [-0.39, 0.29) is 11.8 Å². The molecule has 0 saturated carbocycles. The summed E-state index contributed by atoms with van der Waals surface area (Å²) in [5.74, 6) is -0.566. The van der Waals surface area contributed by atoms with Gasteiger partial charge in [0.2, 0.25) is 0 Å². The monoisotopic (exact) mass is 1050 g/mol. The lowest BCUT2D eigenvalue weighted by Gasteiger charge is -2.32. The summed E-state index contributed by atoms with van der Waals surface area (Å²) in [6.07, 6.45) is 5.99. The van der Waals surface area contributed by atoms with Crippen molar-refractivity contribution in [3.8, 4) is 29.3 Å². The normalized spacial score (nSPS) is 13.5. The first kappa shape index (κ1) is 53.7. The fourth-order valence-electron chi connectivity index (χ4n) is 6.37. The highest BCUT2D eigenvalue weighted by atomic mass is 79.9. The van der Waals surface area contributed by atoms with Crippen LogP contribution >= 0.6 is 50.7 Å². The lowest BCUT2D eigenvalue weighted by Crippen LogP contribution is -2.41. The Kier molecular flexibility index (Phi) is 17.2. The van der Waals surface area contributed by atoms with E-state index in [1.165, 1.54) is 18.6 Å². The van der Waals surface area contributed by atoms with Gasteiger partial charge >= 0.3 is 7.12 Å². The maximum absolute atomic E-state index is 12.8. The largest absolute Gasteiger partial charge is 0.495 e. The standard InChI is InChI=1S/C23H28BN3O3.C22H18Cl2N4O.C6H2BrClN2/c1-15-8-9-17(13-18(15)24-29-22(4,5)23(6,7)30-24)27-20(28)16-10-11-26-19(12-16)21(2,3)14-25;1-13-4-5-16(10-17(13)18-9-15(23)11-27-20(18)24)28-21(29)14-6-7-26-19(8-14)22(2,3)12-25;7-5-1-4(2-9)3-10-6(5)8/h8-13H,1-7H3,(H,27,28);4-11H,1-3H3,(H,28,29);1,3H. The molecule has 0 aliphatic carbocycles. The second-order valence-corrected chi connectivity index (χ2v) is 20.0. The molecule has 13 nitrogen and oxygen atoms in total. The number of aryl methyl sites for hydroxylation is 2. The summed E-state index contributed by atoms with van der Waals surface area (Å²) in [6, 6.07) is 27.4. The van der Waals surface area contributed by atoms with Gasteiger partial charge in [-0.25, -0.2) is 9.97 Å². The minimum Gasteiger partial charge on any atom is -0.399 e. The lowest BCUT2D eigenvalue weighted by atomic mass is 9.76. The summed E-state index contributed by atoms with van der Waals surface area (Å²) in [4.78, 5) is 41.9. The Balaban J connectivity index is 0.000000215. The molecule has 352 valence electrons. The smallest absolute Gasteiger partial charge is 0.399 e. The van der Waals surface area contributed by atoms with Crippen LogP contribution in [0.15, 0.2) is 102 Å². The van der Waals surface area contributed by atoms with Crippen LogP contribution in [0.5, 0.6) is 0 Å². The van der Waals surface area contributed by atoms with Gasteiger partial charge in [-0.15, -0.1) is 0 Å². The van der Waals surface area contributed by atoms with Crippen molar-refractivity contribution in [2.45, 2.75) is 91.3 Å². The van der Waals surface area contributed by atoms with Crippen LogP contribution < -0.4 is 16.1 Å². The van der Waals surface area contributed by atoms with E-state index in [0.717, 1.165) is 22.2 Å².